The summed E-state index contributed by atoms with van der Waals surface area (Å²) in [5, 5.41) is 8.45. The van der Waals surface area contributed by atoms with Crippen LogP contribution in [0.25, 0.3) is 21.8 Å². The topological polar surface area (TPSA) is 96.8 Å². The first kappa shape index (κ1) is 16.7. The summed E-state index contributed by atoms with van der Waals surface area (Å²) in [6, 6.07) is 14.2. The molecule has 4 aromatic rings. The molecule has 2 aromatic heterocycles. The Morgan fingerprint density at radius 3 is 2.74 bits per heavy atom. The monoisotopic (exact) mass is 360 g/mol. The molecule has 0 aliphatic rings. The third-order valence-corrected chi connectivity index (χ3v) is 4.37. The van der Waals surface area contributed by atoms with Crippen molar-refractivity contribution in [3.05, 3.63) is 70.6 Å². The van der Waals surface area contributed by atoms with Gasteiger partial charge in [0.25, 0.3) is 5.56 Å². The summed E-state index contributed by atoms with van der Waals surface area (Å²) in [4.78, 5) is 39.5. The van der Waals surface area contributed by atoms with Crippen molar-refractivity contribution < 1.29 is 9.59 Å². The largest absolute Gasteiger partial charge is 0.350 e. The summed E-state index contributed by atoms with van der Waals surface area (Å²) in [6.45, 7) is 1.23. The number of amides is 1. The molecule has 2 heterocycles. The lowest BCUT2D eigenvalue weighted by molar-refractivity contribution is -0.117. The highest BCUT2D eigenvalue weighted by Crippen LogP contribution is 2.21. The van der Waals surface area contributed by atoms with Crippen LogP contribution in [-0.4, -0.2) is 26.5 Å². The summed E-state index contributed by atoms with van der Waals surface area (Å²) in [7, 11) is 0. The van der Waals surface area contributed by atoms with Crippen LogP contribution in [0.5, 0.6) is 0 Å². The maximum atomic E-state index is 12.7. The fraction of sp³-hybridized carbons (Fsp3) is 0.100. The molecule has 0 aliphatic heterocycles. The van der Waals surface area contributed by atoms with E-state index in [1.165, 1.54) is 6.92 Å². The number of para-hydroxylation sites is 1. The van der Waals surface area contributed by atoms with E-state index in [1.807, 2.05) is 24.3 Å². The predicted octanol–water partition coefficient (Wildman–Crippen LogP) is 2.72. The normalized spacial score (nSPS) is 11.0. The lowest BCUT2D eigenvalue weighted by Crippen LogP contribution is -2.29. The van der Waals surface area contributed by atoms with E-state index in [0.717, 1.165) is 21.0 Å². The fourth-order valence-corrected chi connectivity index (χ4v) is 3.04. The Kier molecular flexibility index (Phi) is 4.04. The highest BCUT2D eigenvalue weighted by Gasteiger charge is 2.13. The molecule has 0 radical (unpaired) electrons. The number of nitrogens with zero attached hydrogens (tertiary/aromatic N) is 2. The second-order valence-electron chi connectivity index (χ2n) is 6.25. The van der Waals surface area contributed by atoms with Gasteiger partial charge in [0.2, 0.25) is 5.91 Å². The highest BCUT2D eigenvalue weighted by molar-refractivity contribution is 6.06. The number of carbonyl (C=O) groups is 2. The first-order valence-corrected chi connectivity index (χ1v) is 8.40. The number of fused-ring (bicyclic) bond motifs is 3. The van der Waals surface area contributed by atoms with Crippen molar-refractivity contribution in [2.75, 3.05) is 5.32 Å². The Balaban J connectivity index is 1.61. The second-order valence-corrected chi connectivity index (χ2v) is 6.25. The SMILES string of the molecule is CC(=O)c1cccc(NC(=O)Cn2ncc3c([nH]c4ccccc43)c2=O)c1. The Labute approximate surface area is 153 Å². The van der Waals surface area contributed by atoms with Gasteiger partial charge in [-0.1, -0.05) is 30.3 Å². The number of benzene rings is 2. The van der Waals surface area contributed by atoms with Gasteiger partial charge in [0.15, 0.2) is 5.78 Å². The lowest BCUT2D eigenvalue weighted by atomic mass is 10.1. The number of hydrogen-bond donors (Lipinski definition) is 2. The van der Waals surface area contributed by atoms with Gasteiger partial charge in [0, 0.05) is 27.5 Å². The van der Waals surface area contributed by atoms with Crippen LogP contribution in [0.2, 0.25) is 0 Å². The van der Waals surface area contributed by atoms with Crippen molar-refractivity contribution in [2.45, 2.75) is 13.5 Å². The van der Waals surface area contributed by atoms with Crippen molar-refractivity contribution in [3.8, 4) is 0 Å². The van der Waals surface area contributed by atoms with Crippen LogP contribution in [0.1, 0.15) is 17.3 Å². The predicted molar refractivity (Wildman–Crippen MR) is 103 cm³/mol. The zero-order valence-corrected chi connectivity index (χ0v) is 14.5. The number of H-pyrrole nitrogens is 1. The van der Waals surface area contributed by atoms with Crippen molar-refractivity contribution in [3.63, 3.8) is 0 Å². The summed E-state index contributed by atoms with van der Waals surface area (Å²) in [5.74, 6) is -0.492. The van der Waals surface area contributed by atoms with Crippen LogP contribution in [0.3, 0.4) is 0 Å². The van der Waals surface area contributed by atoms with Crippen molar-refractivity contribution in [1.82, 2.24) is 14.8 Å². The third kappa shape index (κ3) is 3.10. The van der Waals surface area contributed by atoms with Crippen molar-refractivity contribution in [1.29, 1.82) is 0 Å². The quantitative estimate of drug-likeness (QED) is 0.547. The van der Waals surface area contributed by atoms with Gasteiger partial charge < -0.3 is 10.3 Å². The van der Waals surface area contributed by atoms with Crippen LogP contribution < -0.4 is 10.9 Å². The molecular weight excluding hydrogens is 344 g/mol. The number of aromatic amines is 1. The number of nitrogens with one attached hydrogen (secondary N) is 2. The van der Waals surface area contributed by atoms with E-state index in [-0.39, 0.29) is 17.9 Å². The molecule has 7 heteroatoms. The molecule has 0 saturated carbocycles. The van der Waals surface area contributed by atoms with Crippen LogP contribution in [0.15, 0.2) is 59.5 Å². The molecule has 0 atom stereocenters. The minimum atomic E-state index is -0.402. The fourth-order valence-electron chi connectivity index (χ4n) is 3.04. The standard InChI is InChI=1S/C20H16N4O3/c1-12(25)13-5-4-6-14(9-13)22-18(26)11-24-20(27)19-16(10-21-24)15-7-2-3-8-17(15)23-19/h2-10,23H,11H2,1H3,(H,22,26). The average Bonchev–Trinajstić information content (AvgIpc) is 3.04. The number of anilines is 1. The van der Waals surface area contributed by atoms with Gasteiger partial charge in [-0.25, -0.2) is 4.68 Å². The summed E-state index contributed by atoms with van der Waals surface area (Å²) < 4.78 is 1.11. The number of Topliss-reactive ketones (excluding diaryl/α,β-unsaturated/α-hetero) is 1. The third-order valence-electron chi connectivity index (χ3n) is 4.37. The number of carbonyl (C=O) groups excluding carboxylic acids is 2. The van der Waals surface area contributed by atoms with E-state index in [9.17, 15) is 14.4 Å². The van der Waals surface area contributed by atoms with Gasteiger partial charge in [0.1, 0.15) is 12.1 Å². The molecule has 0 saturated heterocycles. The Bertz CT molecular complexity index is 1250. The molecule has 0 spiro atoms. The molecule has 4 rings (SSSR count). The van der Waals surface area contributed by atoms with Crippen molar-refractivity contribution >= 4 is 39.2 Å². The molecule has 0 fully saturated rings. The van der Waals surface area contributed by atoms with E-state index >= 15 is 0 Å². The van der Waals surface area contributed by atoms with Gasteiger partial charge in [0.05, 0.1) is 6.20 Å². The number of rotatable bonds is 4. The first-order valence-electron chi connectivity index (χ1n) is 8.40. The van der Waals surface area contributed by atoms with Gasteiger partial charge >= 0.3 is 0 Å². The molecule has 27 heavy (non-hydrogen) atoms. The molecule has 2 aromatic carbocycles. The maximum Gasteiger partial charge on any atom is 0.291 e. The first-order chi connectivity index (χ1) is 13.0. The van der Waals surface area contributed by atoms with Crippen LogP contribution >= 0.6 is 0 Å². The molecule has 1 amide bonds. The van der Waals surface area contributed by atoms with Gasteiger partial charge in [-0.15, -0.1) is 0 Å². The van der Waals surface area contributed by atoms with Gasteiger partial charge in [-0.05, 0) is 25.1 Å². The van der Waals surface area contributed by atoms with E-state index in [2.05, 4.69) is 15.4 Å². The number of ketones is 1. The summed E-state index contributed by atoms with van der Waals surface area (Å²) >= 11 is 0. The summed E-state index contributed by atoms with van der Waals surface area (Å²) in [6.07, 6.45) is 1.58. The van der Waals surface area contributed by atoms with E-state index in [4.69, 9.17) is 0 Å². The Hall–Kier alpha value is -3.74. The van der Waals surface area contributed by atoms with E-state index in [0.29, 0.717) is 16.8 Å². The zero-order valence-electron chi connectivity index (χ0n) is 14.5. The Morgan fingerprint density at radius 2 is 1.93 bits per heavy atom. The molecule has 134 valence electrons. The van der Waals surface area contributed by atoms with E-state index < -0.39 is 5.91 Å². The average molecular weight is 360 g/mol. The molecule has 0 unspecified atom stereocenters. The smallest absolute Gasteiger partial charge is 0.291 e. The minimum absolute atomic E-state index is 0.0896. The minimum Gasteiger partial charge on any atom is -0.350 e. The molecule has 0 bridgehead atoms. The van der Waals surface area contributed by atoms with Crippen molar-refractivity contribution in [2.24, 2.45) is 0 Å². The zero-order chi connectivity index (χ0) is 19.0. The number of hydrogen-bond acceptors (Lipinski definition) is 4. The molecular formula is C20H16N4O3. The van der Waals surface area contributed by atoms with Crippen LogP contribution in [0.4, 0.5) is 5.69 Å². The summed E-state index contributed by atoms with van der Waals surface area (Å²) in [5.41, 5.74) is 1.89. The van der Waals surface area contributed by atoms with Gasteiger partial charge in [-0.2, -0.15) is 5.10 Å². The molecule has 7 nitrogen and oxygen atoms in total. The van der Waals surface area contributed by atoms with Crippen LogP contribution in [-0.2, 0) is 11.3 Å². The molecule has 2 N–H and O–H groups in total. The van der Waals surface area contributed by atoms with Crippen LogP contribution in [0, 0.1) is 0 Å². The second kappa shape index (κ2) is 6.53. The van der Waals surface area contributed by atoms with E-state index in [1.54, 1.807) is 30.5 Å². The number of aromatic nitrogens is 3. The maximum absolute atomic E-state index is 12.7. The lowest BCUT2D eigenvalue weighted by Gasteiger charge is -2.07. The van der Waals surface area contributed by atoms with Gasteiger partial charge in [-0.3, -0.25) is 14.4 Å². The highest BCUT2D eigenvalue weighted by atomic mass is 16.2. The Morgan fingerprint density at radius 1 is 1.11 bits per heavy atom. The molecule has 0 aliphatic carbocycles.